The highest BCUT2D eigenvalue weighted by molar-refractivity contribution is 7.92. The Kier molecular flexibility index (Phi) is 6.08. The Morgan fingerprint density at radius 3 is 2.40 bits per heavy atom. The number of hydrogen-bond donors (Lipinski definition) is 2. The number of hydrogen-bond acceptors (Lipinski definition) is 3. The van der Waals surface area contributed by atoms with Crippen molar-refractivity contribution in [3.8, 4) is 0 Å². The zero-order valence-corrected chi connectivity index (χ0v) is 15.9. The molecule has 2 N–H and O–H groups in total. The molecule has 0 saturated heterocycles. The van der Waals surface area contributed by atoms with E-state index in [0.29, 0.717) is 5.69 Å². The van der Waals surface area contributed by atoms with Crippen LogP contribution in [0.5, 0.6) is 0 Å². The number of halogens is 1. The van der Waals surface area contributed by atoms with Gasteiger partial charge in [0.2, 0.25) is 0 Å². The first kappa shape index (κ1) is 19.3. The minimum absolute atomic E-state index is 0.00563. The van der Waals surface area contributed by atoms with Crippen LogP contribution in [0.1, 0.15) is 36.2 Å². The molecule has 0 aromatic heterocycles. The molecule has 0 radical (unpaired) electrons. The van der Waals surface area contributed by atoms with E-state index in [1.54, 1.807) is 24.3 Å². The van der Waals surface area contributed by atoms with Crippen LogP contribution in [-0.2, 0) is 10.0 Å². The van der Waals surface area contributed by atoms with Crippen LogP contribution in [-0.4, -0.2) is 20.4 Å². The summed E-state index contributed by atoms with van der Waals surface area (Å²) in [5.74, 6) is -0.335. The molecule has 0 aliphatic rings. The number of carbonyl (C=O) groups is 1. The summed E-state index contributed by atoms with van der Waals surface area (Å²) in [7, 11) is -3.91. The molecule has 2 aromatic carbocycles. The molecule has 134 valence electrons. The van der Waals surface area contributed by atoms with Gasteiger partial charge in [0, 0.05) is 17.3 Å². The van der Waals surface area contributed by atoms with E-state index in [1.165, 1.54) is 18.2 Å². The summed E-state index contributed by atoms with van der Waals surface area (Å²) in [6.07, 6.45) is 0.777. The Morgan fingerprint density at radius 2 is 1.80 bits per heavy atom. The predicted octanol–water partition coefficient (Wildman–Crippen LogP) is 3.98. The molecule has 0 saturated carbocycles. The Balaban J connectivity index is 2.32. The summed E-state index contributed by atoms with van der Waals surface area (Å²) >= 11 is 6.06. The average molecular weight is 381 g/mol. The molecule has 7 heteroatoms. The van der Waals surface area contributed by atoms with Gasteiger partial charge in [-0.05, 0) is 50.6 Å². The quantitative estimate of drug-likeness (QED) is 0.795. The van der Waals surface area contributed by atoms with Crippen molar-refractivity contribution in [1.29, 1.82) is 0 Å². The Hall–Kier alpha value is -2.05. The second-order valence-corrected chi connectivity index (χ2v) is 7.96. The molecule has 1 atom stereocenters. The van der Waals surface area contributed by atoms with Gasteiger partial charge in [-0.3, -0.25) is 9.52 Å². The van der Waals surface area contributed by atoms with E-state index in [-0.39, 0.29) is 27.4 Å². The molecule has 1 amide bonds. The summed E-state index contributed by atoms with van der Waals surface area (Å²) in [6, 6.07) is 11.1. The lowest BCUT2D eigenvalue weighted by molar-refractivity contribution is 0.0939. The zero-order valence-electron chi connectivity index (χ0n) is 14.3. The lowest BCUT2D eigenvalue weighted by Gasteiger charge is -2.13. The van der Waals surface area contributed by atoms with Crippen molar-refractivity contribution >= 4 is 33.2 Å². The van der Waals surface area contributed by atoms with Gasteiger partial charge in [-0.15, -0.1) is 0 Å². The van der Waals surface area contributed by atoms with Crippen molar-refractivity contribution in [2.45, 2.75) is 38.1 Å². The highest BCUT2D eigenvalue weighted by Crippen LogP contribution is 2.25. The summed E-state index contributed by atoms with van der Waals surface area (Å²) in [5.41, 5.74) is 1.69. The van der Waals surface area contributed by atoms with E-state index < -0.39 is 10.0 Å². The van der Waals surface area contributed by atoms with Gasteiger partial charge in [-0.25, -0.2) is 8.42 Å². The molecule has 2 aromatic rings. The van der Waals surface area contributed by atoms with Gasteiger partial charge < -0.3 is 5.32 Å². The first-order valence-corrected chi connectivity index (χ1v) is 9.79. The van der Waals surface area contributed by atoms with Gasteiger partial charge in [-0.1, -0.05) is 36.2 Å². The van der Waals surface area contributed by atoms with Crippen LogP contribution >= 0.6 is 11.6 Å². The molecule has 0 aliphatic carbocycles. The first-order valence-electron chi connectivity index (χ1n) is 7.93. The molecule has 0 unspecified atom stereocenters. The highest BCUT2D eigenvalue weighted by Gasteiger charge is 2.21. The maximum Gasteiger partial charge on any atom is 0.263 e. The van der Waals surface area contributed by atoms with Crippen molar-refractivity contribution < 1.29 is 13.2 Å². The topological polar surface area (TPSA) is 75.3 Å². The van der Waals surface area contributed by atoms with E-state index in [1.807, 2.05) is 20.8 Å². The number of nitrogens with one attached hydrogen (secondary N) is 2. The second kappa shape index (κ2) is 7.89. The summed E-state index contributed by atoms with van der Waals surface area (Å²) in [6.45, 7) is 5.74. The van der Waals surface area contributed by atoms with E-state index in [9.17, 15) is 13.2 Å². The molecule has 2 rings (SSSR count). The standard InChI is InChI=1S/C18H21ClN2O3S/c1-4-13(3)20-18(22)14-7-10-16(19)17(11-14)25(23,24)21-15-8-5-12(2)6-9-15/h5-11,13,21H,4H2,1-3H3,(H,20,22)/t13-/m1/s1. The third-order valence-electron chi connectivity index (χ3n) is 3.78. The fourth-order valence-corrected chi connectivity index (χ4v) is 3.68. The minimum atomic E-state index is -3.91. The summed E-state index contributed by atoms with van der Waals surface area (Å²) in [5, 5.41) is 2.86. The number of amides is 1. The minimum Gasteiger partial charge on any atom is -0.350 e. The van der Waals surface area contributed by atoms with Gasteiger partial charge in [0.1, 0.15) is 4.90 Å². The van der Waals surface area contributed by atoms with Crippen molar-refractivity contribution in [2.75, 3.05) is 4.72 Å². The van der Waals surface area contributed by atoms with Gasteiger partial charge in [-0.2, -0.15) is 0 Å². The van der Waals surface area contributed by atoms with Crippen molar-refractivity contribution in [3.63, 3.8) is 0 Å². The molecule has 0 bridgehead atoms. The Morgan fingerprint density at radius 1 is 1.16 bits per heavy atom. The largest absolute Gasteiger partial charge is 0.350 e. The molecule has 25 heavy (non-hydrogen) atoms. The van der Waals surface area contributed by atoms with Crippen LogP contribution in [0.3, 0.4) is 0 Å². The summed E-state index contributed by atoms with van der Waals surface area (Å²) < 4.78 is 27.7. The SMILES string of the molecule is CC[C@@H](C)NC(=O)c1ccc(Cl)c(S(=O)(=O)Nc2ccc(C)cc2)c1. The average Bonchev–Trinajstić information content (AvgIpc) is 2.56. The van der Waals surface area contributed by atoms with Gasteiger partial charge in [0.25, 0.3) is 15.9 Å². The maximum atomic E-state index is 12.6. The molecular formula is C18H21ClN2O3S. The fraction of sp³-hybridized carbons (Fsp3) is 0.278. The van der Waals surface area contributed by atoms with E-state index >= 15 is 0 Å². The lowest BCUT2D eigenvalue weighted by atomic mass is 10.2. The third-order valence-corrected chi connectivity index (χ3v) is 5.64. The fourth-order valence-electron chi connectivity index (χ4n) is 2.09. The Labute approximate surface area is 153 Å². The Bertz CT molecular complexity index is 864. The number of benzene rings is 2. The van der Waals surface area contributed by atoms with Crippen LogP contribution < -0.4 is 10.0 Å². The number of sulfonamides is 1. The first-order chi connectivity index (χ1) is 11.7. The normalized spacial score (nSPS) is 12.5. The number of carbonyl (C=O) groups excluding carboxylic acids is 1. The van der Waals surface area contributed by atoms with Crippen LogP contribution in [0.15, 0.2) is 47.4 Å². The maximum absolute atomic E-state index is 12.6. The van der Waals surface area contributed by atoms with Crippen molar-refractivity contribution in [1.82, 2.24) is 5.32 Å². The number of aryl methyl sites for hydroxylation is 1. The smallest absolute Gasteiger partial charge is 0.263 e. The van der Waals surface area contributed by atoms with Crippen LogP contribution in [0.4, 0.5) is 5.69 Å². The molecule has 5 nitrogen and oxygen atoms in total. The molecule has 0 aliphatic heterocycles. The van der Waals surface area contributed by atoms with E-state index in [0.717, 1.165) is 12.0 Å². The molecule has 0 spiro atoms. The number of anilines is 1. The van der Waals surface area contributed by atoms with E-state index in [2.05, 4.69) is 10.0 Å². The van der Waals surface area contributed by atoms with Crippen LogP contribution in [0, 0.1) is 6.92 Å². The molecule has 0 heterocycles. The van der Waals surface area contributed by atoms with Crippen molar-refractivity contribution in [3.05, 3.63) is 58.6 Å². The summed E-state index contributed by atoms with van der Waals surface area (Å²) in [4.78, 5) is 12.1. The third kappa shape index (κ3) is 4.96. The zero-order chi connectivity index (χ0) is 18.6. The van der Waals surface area contributed by atoms with Gasteiger partial charge in [0.15, 0.2) is 0 Å². The molecular weight excluding hydrogens is 360 g/mol. The molecule has 0 fully saturated rings. The highest BCUT2D eigenvalue weighted by atomic mass is 35.5. The van der Waals surface area contributed by atoms with Crippen LogP contribution in [0.2, 0.25) is 5.02 Å². The predicted molar refractivity (Wildman–Crippen MR) is 101 cm³/mol. The number of rotatable bonds is 6. The van der Waals surface area contributed by atoms with Gasteiger partial charge >= 0.3 is 0 Å². The van der Waals surface area contributed by atoms with Gasteiger partial charge in [0.05, 0.1) is 5.02 Å². The lowest BCUT2D eigenvalue weighted by Crippen LogP contribution is -2.32. The monoisotopic (exact) mass is 380 g/mol. The van der Waals surface area contributed by atoms with Crippen LogP contribution in [0.25, 0.3) is 0 Å². The van der Waals surface area contributed by atoms with Crippen molar-refractivity contribution in [2.24, 2.45) is 0 Å². The van der Waals surface area contributed by atoms with E-state index in [4.69, 9.17) is 11.6 Å². The second-order valence-electron chi connectivity index (χ2n) is 5.90.